The largest absolute Gasteiger partial charge is 0.383 e. The molecule has 0 unspecified atom stereocenters. The lowest BCUT2D eigenvalue weighted by Crippen LogP contribution is -2.34. The number of halogens is 1. The van der Waals surface area contributed by atoms with Crippen molar-refractivity contribution in [3.63, 3.8) is 0 Å². The molecule has 1 amide bonds. The number of rotatable bonds is 9. The summed E-state index contributed by atoms with van der Waals surface area (Å²) in [7, 11) is -1.94. The zero-order chi connectivity index (χ0) is 16.7. The van der Waals surface area contributed by atoms with Crippen molar-refractivity contribution < 1.29 is 17.9 Å². The van der Waals surface area contributed by atoms with Gasteiger partial charge >= 0.3 is 0 Å². The lowest BCUT2D eigenvalue weighted by atomic mass is 10.4. The Morgan fingerprint density at radius 2 is 2.00 bits per heavy atom. The average molecular weight is 398 g/mol. The predicted octanol–water partition coefficient (Wildman–Crippen LogP) is 0.920. The van der Waals surface area contributed by atoms with Crippen LogP contribution in [0.15, 0.2) is 16.3 Å². The molecular weight excluding hydrogens is 374 g/mol. The number of ether oxygens (including phenoxy) is 1. The summed E-state index contributed by atoms with van der Waals surface area (Å²) in [4.78, 5) is 12.6. The third-order valence-corrected chi connectivity index (χ3v) is 6.57. The SMILES string of the molecule is COCCNCCNC(=O)c1sccc1S(=O)(=O)N1CCCC1.Cl. The molecule has 0 spiro atoms. The van der Waals surface area contributed by atoms with Gasteiger partial charge in [0.15, 0.2) is 0 Å². The summed E-state index contributed by atoms with van der Waals surface area (Å²) in [6, 6.07) is 1.52. The molecule has 0 bridgehead atoms. The number of sulfonamides is 1. The minimum atomic E-state index is -3.56. The molecule has 10 heteroatoms. The maximum atomic E-state index is 12.6. The third-order valence-electron chi connectivity index (χ3n) is 3.59. The van der Waals surface area contributed by atoms with Crippen molar-refractivity contribution in [1.29, 1.82) is 0 Å². The van der Waals surface area contributed by atoms with Crippen LogP contribution < -0.4 is 10.6 Å². The van der Waals surface area contributed by atoms with Crippen LogP contribution in [0.4, 0.5) is 0 Å². The van der Waals surface area contributed by atoms with E-state index in [1.807, 2.05) is 0 Å². The van der Waals surface area contributed by atoms with E-state index in [4.69, 9.17) is 4.74 Å². The number of nitrogens with zero attached hydrogens (tertiary/aromatic N) is 1. The Morgan fingerprint density at radius 3 is 2.67 bits per heavy atom. The highest BCUT2D eigenvalue weighted by Gasteiger charge is 2.31. The molecule has 24 heavy (non-hydrogen) atoms. The number of methoxy groups -OCH3 is 1. The Morgan fingerprint density at radius 1 is 1.29 bits per heavy atom. The van der Waals surface area contributed by atoms with Crippen molar-refractivity contribution in [2.24, 2.45) is 0 Å². The first kappa shape index (κ1) is 21.3. The molecule has 0 radical (unpaired) electrons. The molecule has 0 aromatic carbocycles. The van der Waals surface area contributed by atoms with Crippen LogP contribution >= 0.6 is 23.7 Å². The number of hydrogen-bond acceptors (Lipinski definition) is 6. The van der Waals surface area contributed by atoms with Gasteiger partial charge in [0.05, 0.1) is 6.61 Å². The lowest BCUT2D eigenvalue weighted by Gasteiger charge is -2.15. The Balaban J connectivity index is 0.00000288. The monoisotopic (exact) mass is 397 g/mol. The van der Waals surface area contributed by atoms with Gasteiger partial charge < -0.3 is 15.4 Å². The molecule has 2 N–H and O–H groups in total. The van der Waals surface area contributed by atoms with E-state index >= 15 is 0 Å². The van der Waals surface area contributed by atoms with Crippen molar-refractivity contribution in [2.75, 3.05) is 46.4 Å². The highest BCUT2D eigenvalue weighted by atomic mass is 35.5. The van der Waals surface area contributed by atoms with Gasteiger partial charge in [-0.05, 0) is 24.3 Å². The smallest absolute Gasteiger partial charge is 0.262 e. The second kappa shape index (κ2) is 10.3. The molecule has 1 aliphatic rings. The fraction of sp³-hybridized carbons (Fsp3) is 0.643. The van der Waals surface area contributed by atoms with E-state index in [1.165, 1.54) is 10.4 Å². The van der Waals surface area contributed by atoms with Gasteiger partial charge in [-0.15, -0.1) is 23.7 Å². The Kier molecular flexibility index (Phi) is 9.17. The van der Waals surface area contributed by atoms with E-state index in [2.05, 4.69) is 10.6 Å². The van der Waals surface area contributed by atoms with Crippen molar-refractivity contribution in [3.8, 4) is 0 Å². The van der Waals surface area contributed by atoms with Gasteiger partial charge in [-0.25, -0.2) is 8.42 Å². The third kappa shape index (κ3) is 5.40. The molecule has 7 nitrogen and oxygen atoms in total. The molecular formula is C14H24ClN3O4S2. The first-order chi connectivity index (χ1) is 11.1. The van der Waals surface area contributed by atoms with Crippen LogP contribution in [0.2, 0.25) is 0 Å². The summed E-state index contributed by atoms with van der Waals surface area (Å²) in [6.45, 7) is 3.42. The second-order valence-corrected chi connectivity index (χ2v) is 8.05. The van der Waals surface area contributed by atoms with E-state index in [9.17, 15) is 13.2 Å². The highest BCUT2D eigenvalue weighted by molar-refractivity contribution is 7.89. The lowest BCUT2D eigenvalue weighted by molar-refractivity contribution is 0.0954. The van der Waals surface area contributed by atoms with Crippen molar-refractivity contribution in [1.82, 2.24) is 14.9 Å². The van der Waals surface area contributed by atoms with Crippen LogP contribution in [0.25, 0.3) is 0 Å². The summed E-state index contributed by atoms with van der Waals surface area (Å²) in [5.41, 5.74) is 0. The zero-order valence-electron chi connectivity index (χ0n) is 13.6. The van der Waals surface area contributed by atoms with E-state index in [0.29, 0.717) is 39.3 Å². The van der Waals surface area contributed by atoms with E-state index in [-0.39, 0.29) is 28.1 Å². The van der Waals surface area contributed by atoms with Crippen molar-refractivity contribution in [3.05, 3.63) is 16.3 Å². The number of amides is 1. The standard InChI is InChI=1S/C14H23N3O4S2.ClH/c1-21-10-7-15-5-6-16-14(18)13-12(4-11-22-13)23(19,20)17-8-2-3-9-17;/h4,11,15H,2-3,5-10H2,1H3,(H,16,18);1H. The van der Waals surface area contributed by atoms with Gasteiger partial charge in [0.1, 0.15) is 9.77 Å². The van der Waals surface area contributed by atoms with Gasteiger partial charge in [0, 0.05) is 39.8 Å². The van der Waals surface area contributed by atoms with Gasteiger partial charge in [-0.2, -0.15) is 4.31 Å². The second-order valence-electron chi connectivity index (χ2n) is 5.22. The van der Waals surface area contributed by atoms with Crippen LogP contribution in [0.5, 0.6) is 0 Å². The van der Waals surface area contributed by atoms with Crippen LogP contribution in [0.1, 0.15) is 22.5 Å². The zero-order valence-corrected chi connectivity index (χ0v) is 16.1. The van der Waals surface area contributed by atoms with E-state index in [0.717, 1.165) is 24.2 Å². The molecule has 138 valence electrons. The molecule has 1 fully saturated rings. The minimum Gasteiger partial charge on any atom is -0.383 e. The fourth-order valence-electron chi connectivity index (χ4n) is 2.38. The minimum absolute atomic E-state index is 0. The fourth-order valence-corrected chi connectivity index (χ4v) is 5.21. The van der Waals surface area contributed by atoms with E-state index in [1.54, 1.807) is 12.5 Å². The van der Waals surface area contributed by atoms with Crippen LogP contribution in [0.3, 0.4) is 0 Å². The summed E-state index contributed by atoms with van der Waals surface area (Å²) in [5, 5.41) is 7.51. The van der Waals surface area contributed by atoms with Crippen LogP contribution in [-0.2, 0) is 14.8 Å². The summed E-state index contributed by atoms with van der Waals surface area (Å²) < 4.78 is 31.6. The maximum Gasteiger partial charge on any atom is 0.262 e. The molecule has 0 saturated carbocycles. The number of thiophene rings is 1. The molecule has 1 aliphatic heterocycles. The average Bonchev–Trinajstić information content (AvgIpc) is 3.22. The molecule has 0 atom stereocenters. The van der Waals surface area contributed by atoms with Gasteiger partial charge in [0.2, 0.25) is 10.0 Å². The topological polar surface area (TPSA) is 87.7 Å². The predicted molar refractivity (Wildman–Crippen MR) is 96.6 cm³/mol. The first-order valence-electron chi connectivity index (χ1n) is 7.63. The number of hydrogen-bond donors (Lipinski definition) is 2. The number of nitrogens with one attached hydrogen (secondary N) is 2. The molecule has 2 heterocycles. The quantitative estimate of drug-likeness (QED) is 0.605. The van der Waals surface area contributed by atoms with Gasteiger partial charge in [0.25, 0.3) is 5.91 Å². The van der Waals surface area contributed by atoms with Gasteiger partial charge in [-0.1, -0.05) is 0 Å². The maximum absolute atomic E-state index is 12.6. The normalized spacial score (nSPS) is 15.2. The molecule has 0 aliphatic carbocycles. The van der Waals surface area contributed by atoms with E-state index < -0.39 is 10.0 Å². The van der Waals surface area contributed by atoms with Crippen LogP contribution in [0, 0.1) is 0 Å². The Bertz CT molecular complexity index is 615. The molecule has 1 saturated heterocycles. The number of carbonyl (C=O) groups is 1. The molecule has 1 aromatic heterocycles. The van der Waals surface area contributed by atoms with Crippen molar-refractivity contribution in [2.45, 2.75) is 17.7 Å². The summed E-state index contributed by atoms with van der Waals surface area (Å²) in [5.74, 6) is -0.341. The summed E-state index contributed by atoms with van der Waals surface area (Å²) in [6.07, 6.45) is 1.75. The summed E-state index contributed by atoms with van der Waals surface area (Å²) >= 11 is 1.16. The van der Waals surface area contributed by atoms with Crippen LogP contribution in [-0.4, -0.2) is 65.1 Å². The number of carbonyl (C=O) groups excluding carboxylic acids is 1. The van der Waals surface area contributed by atoms with Crippen molar-refractivity contribution >= 4 is 39.7 Å². The molecule has 1 aromatic rings. The molecule has 2 rings (SSSR count). The Labute approximate surface area is 153 Å². The van der Waals surface area contributed by atoms with Gasteiger partial charge in [-0.3, -0.25) is 4.79 Å². The highest BCUT2D eigenvalue weighted by Crippen LogP contribution is 2.27. The first-order valence-corrected chi connectivity index (χ1v) is 9.95. The Hall–Kier alpha value is -0.710.